The van der Waals surface area contributed by atoms with Gasteiger partial charge in [0.05, 0.1) is 7.11 Å². The zero-order valence-electron chi connectivity index (χ0n) is 10.9. The van der Waals surface area contributed by atoms with Crippen molar-refractivity contribution in [1.82, 2.24) is 10.6 Å². The van der Waals surface area contributed by atoms with Crippen molar-refractivity contribution in [3.8, 4) is 5.75 Å². The summed E-state index contributed by atoms with van der Waals surface area (Å²) in [6.07, 6.45) is 4.26. The Balaban J connectivity index is 2.35. The second kappa shape index (κ2) is 8.31. The first kappa shape index (κ1) is 14.3. The van der Waals surface area contributed by atoms with Crippen LogP contribution in [0.5, 0.6) is 5.75 Å². The summed E-state index contributed by atoms with van der Waals surface area (Å²) in [6, 6.07) is 7.54. The van der Waals surface area contributed by atoms with E-state index in [1.165, 1.54) is 0 Å². The first-order chi connectivity index (χ1) is 8.76. The summed E-state index contributed by atoms with van der Waals surface area (Å²) in [6.45, 7) is 1.59. The SMILES string of the molecule is CNCCCNC(=O)/C=C/c1ccc(OC)cc1. The van der Waals surface area contributed by atoms with E-state index in [0.29, 0.717) is 6.54 Å². The van der Waals surface area contributed by atoms with Crippen LogP contribution in [0.25, 0.3) is 6.08 Å². The van der Waals surface area contributed by atoms with Gasteiger partial charge in [-0.3, -0.25) is 4.79 Å². The van der Waals surface area contributed by atoms with Crippen LogP contribution in [0.15, 0.2) is 30.3 Å². The molecule has 0 spiro atoms. The summed E-state index contributed by atoms with van der Waals surface area (Å²) in [7, 11) is 3.52. The number of benzene rings is 1. The van der Waals surface area contributed by atoms with Crippen LogP contribution in [0.2, 0.25) is 0 Å². The van der Waals surface area contributed by atoms with Gasteiger partial charge in [-0.15, -0.1) is 0 Å². The molecule has 2 N–H and O–H groups in total. The minimum Gasteiger partial charge on any atom is -0.497 e. The minimum atomic E-state index is -0.0677. The minimum absolute atomic E-state index is 0.0677. The Kier molecular flexibility index (Phi) is 6.58. The first-order valence-electron chi connectivity index (χ1n) is 6.01. The largest absolute Gasteiger partial charge is 0.497 e. The van der Waals surface area contributed by atoms with Crippen LogP contribution < -0.4 is 15.4 Å². The van der Waals surface area contributed by atoms with E-state index in [0.717, 1.165) is 24.3 Å². The highest BCUT2D eigenvalue weighted by Gasteiger charge is 1.95. The number of amides is 1. The topological polar surface area (TPSA) is 50.4 Å². The normalized spacial score (nSPS) is 10.6. The Bertz CT molecular complexity index is 385. The van der Waals surface area contributed by atoms with Crippen molar-refractivity contribution < 1.29 is 9.53 Å². The quantitative estimate of drug-likeness (QED) is 0.567. The van der Waals surface area contributed by atoms with Crippen molar-refractivity contribution in [2.24, 2.45) is 0 Å². The molecule has 1 amide bonds. The molecule has 1 rings (SSSR count). The predicted octanol–water partition coefficient (Wildman–Crippen LogP) is 1.43. The molecule has 0 heterocycles. The molecule has 98 valence electrons. The van der Waals surface area contributed by atoms with Crippen LogP contribution in [0.4, 0.5) is 0 Å². The summed E-state index contributed by atoms with van der Waals surface area (Å²) < 4.78 is 5.06. The molecule has 0 saturated heterocycles. The standard InChI is InChI=1S/C14H20N2O2/c1-15-10-3-11-16-14(17)9-6-12-4-7-13(18-2)8-5-12/h4-9,15H,3,10-11H2,1-2H3,(H,16,17)/b9-6+. The number of carbonyl (C=O) groups is 1. The highest BCUT2D eigenvalue weighted by Crippen LogP contribution is 2.11. The Morgan fingerprint density at radius 2 is 2.00 bits per heavy atom. The lowest BCUT2D eigenvalue weighted by molar-refractivity contribution is -0.116. The molecule has 0 aromatic heterocycles. The fourth-order valence-corrected chi connectivity index (χ4v) is 1.42. The summed E-state index contributed by atoms with van der Waals surface area (Å²) in [5.41, 5.74) is 0.973. The number of rotatable bonds is 7. The molecule has 0 fully saturated rings. The van der Waals surface area contributed by atoms with Crippen LogP contribution >= 0.6 is 0 Å². The molecule has 18 heavy (non-hydrogen) atoms. The molecule has 0 aliphatic heterocycles. The van der Waals surface area contributed by atoms with Gasteiger partial charge in [-0.2, -0.15) is 0 Å². The lowest BCUT2D eigenvalue weighted by Crippen LogP contribution is -2.24. The van der Waals surface area contributed by atoms with Crippen LogP contribution in [-0.2, 0) is 4.79 Å². The van der Waals surface area contributed by atoms with Gasteiger partial charge in [0, 0.05) is 12.6 Å². The molecule has 0 aliphatic rings. The van der Waals surface area contributed by atoms with E-state index >= 15 is 0 Å². The molecule has 0 saturated carbocycles. The van der Waals surface area contributed by atoms with Crippen LogP contribution in [0, 0.1) is 0 Å². The van der Waals surface area contributed by atoms with Crippen molar-refractivity contribution in [2.75, 3.05) is 27.2 Å². The van der Waals surface area contributed by atoms with Crippen LogP contribution in [0.3, 0.4) is 0 Å². The number of hydrogen-bond donors (Lipinski definition) is 2. The van der Waals surface area contributed by atoms with Gasteiger partial charge in [0.25, 0.3) is 0 Å². The Morgan fingerprint density at radius 3 is 2.61 bits per heavy atom. The van der Waals surface area contributed by atoms with E-state index in [1.807, 2.05) is 31.3 Å². The van der Waals surface area contributed by atoms with Gasteiger partial charge in [-0.25, -0.2) is 0 Å². The maximum atomic E-state index is 11.5. The molecule has 0 bridgehead atoms. The maximum absolute atomic E-state index is 11.5. The maximum Gasteiger partial charge on any atom is 0.243 e. The van der Waals surface area contributed by atoms with E-state index in [1.54, 1.807) is 19.3 Å². The average molecular weight is 248 g/mol. The average Bonchev–Trinajstić information content (AvgIpc) is 2.42. The van der Waals surface area contributed by atoms with Crippen LogP contribution in [-0.4, -0.2) is 33.2 Å². The second-order valence-corrected chi connectivity index (χ2v) is 3.85. The van der Waals surface area contributed by atoms with Gasteiger partial charge in [-0.05, 0) is 43.8 Å². The van der Waals surface area contributed by atoms with Gasteiger partial charge in [-0.1, -0.05) is 12.1 Å². The fourth-order valence-electron chi connectivity index (χ4n) is 1.42. The third kappa shape index (κ3) is 5.50. The number of ether oxygens (including phenoxy) is 1. The van der Waals surface area contributed by atoms with Crippen molar-refractivity contribution in [3.05, 3.63) is 35.9 Å². The second-order valence-electron chi connectivity index (χ2n) is 3.85. The smallest absolute Gasteiger partial charge is 0.243 e. The summed E-state index contributed by atoms with van der Waals surface area (Å²) >= 11 is 0. The molecule has 0 radical (unpaired) electrons. The molecule has 1 aromatic rings. The first-order valence-corrected chi connectivity index (χ1v) is 6.01. The monoisotopic (exact) mass is 248 g/mol. The van der Waals surface area contributed by atoms with Crippen molar-refractivity contribution >= 4 is 12.0 Å². The highest BCUT2D eigenvalue weighted by molar-refractivity contribution is 5.91. The Morgan fingerprint density at radius 1 is 1.28 bits per heavy atom. The van der Waals surface area contributed by atoms with Crippen molar-refractivity contribution in [2.45, 2.75) is 6.42 Å². The van der Waals surface area contributed by atoms with E-state index in [2.05, 4.69) is 10.6 Å². The van der Waals surface area contributed by atoms with Crippen molar-refractivity contribution in [3.63, 3.8) is 0 Å². The molecule has 0 unspecified atom stereocenters. The van der Waals surface area contributed by atoms with Gasteiger partial charge in [0.1, 0.15) is 5.75 Å². The molecule has 4 nitrogen and oxygen atoms in total. The molecular formula is C14H20N2O2. The van der Waals surface area contributed by atoms with Crippen molar-refractivity contribution in [1.29, 1.82) is 0 Å². The van der Waals surface area contributed by atoms with Gasteiger partial charge in [0.2, 0.25) is 5.91 Å². The highest BCUT2D eigenvalue weighted by atomic mass is 16.5. The third-order valence-corrected chi connectivity index (χ3v) is 2.45. The summed E-state index contributed by atoms with van der Waals surface area (Å²) in [5.74, 6) is 0.741. The van der Waals surface area contributed by atoms with Gasteiger partial charge in [0.15, 0.2) is 0 Å². The number of methoxy groups -OCH3 is 1. The molecule has 4 heteroatoms. The number of carbonyl (C=O) groups excluding carboxylic acids is 1. The Labute approximate surface area is 108 Å². The summed E-state index contributed by atoms with van der Waals surface area (Å²) in [4.78, 5) is 11.5. The number of nitrogens with one attached hydrogen (secondary N) is 2. The third-order valence-electron chi connectivity index (χ3n) is 2.45. The van der Waals surface area contributed by atoms with Gasteiger partial charge >= 0.3 is 0 Å². The van der Waals surface area contributed by atoms with Crippen LogP contribution in [0.1, 0.15) is 12.0 Å². The lowest BCUT2D eigenvalue weighted by Gasteiger charge is -2.01. The Hall–Kier alpha value is -1.81. The zero-order valence-corrected chi connectivity index (χ0v) is 10.9. The van der Waals surface area contributed by atoms with E-state index in [-0.39, 0.29) is 5.91 Å². The number of hydrogen-bond acceptors (Lipinski definition) is 3. The summed E-state index contributed by atoms with van der Waals surface area (Å²) in [5, 5.41) is 5.85. The predicted molar refractivity (Wildman–Crippen MR) is 73.6 cm³/mol. The van der Waals surface area contributed by atoms with E-state index in [4.69, 9.17) is 4.74 Å². The lowest BCUT2D eigenvalue weighted by atomic mass is 10.2. The van der Waals surface area contributed by atoms with Gasteiger partial charge < -0.3 is 15.4 Å². The molecule has 0 atom stereocenters. The zero-order chi connectivity index (χ0) is 13.2. The van der Waals surface area contributed by atoms with E-state index in [9.17, 15) is 4.79 Å². The van der Waals surface area contributed by atoms with E-state index < -0.39 is 0 Å². The molecular weight excluding hydrogens is 228 g/mol. The molecule has 0 aliphatic carbocycles. The fraction of sp³-hybridized carbons (Fsp3) is 0.357. The molecule has 1 aromatic carbocycles.